The first-order chi connectivity index (χ1) is 11.8. The minimum absolute atomic E-state index is 0.00486. The number of pyridine rings is 1. The van der Waals surface area contributed by atoms with Gasteiger partial charge in [-0.3, -0.25) is 0 Å². The molecule has 2 aromatic rings. The summed E-state index contributed by atoms with van der Waals surface area (Å²) in [7, 11) is 0. The first-order valence-electron chi connectivity index (χ1n) is 8.62. The van der Waals surface area contributed by atoms with E-state index < -0.39 is 0 Å². The predicted molar refractivity (Wildman–Crippen MR) is 96.7 cm³/mol. The Morgan fingerprint density at radius 1 is 1.04 bits per heavy atom. The van der Waals surface area contributed by atoms with Crippen molar-refractivity contribution < 1.29 is 9.84 Å². The van der Waals surface area contributed by atoms with Crippen LogP contribution in [0.5, 0.6) is 5.88 Å². The van der Waals surface area contributed by atoms with E-state index in [9.17, 15) is 0 Å². The summed E-state index contributed by atoms with van der Waals surface area (Å²) in [5.74, 6) is 0.528. The Hall–Kier alpha value is -2.27. The highest BCUT2D eigenvalue weighted by atomic mass is 16.5. The molecule has 2 N–H and O–H groups in total. The normalized spacial score (nSPS) is 14.5. The molecule has 1 aliphatic rings. The van der Waals surface area contributed by atoms with Crippen molar-refractivity contribution in [3.05, 3.63) is 48.2 Å². The highest BCUT2D eigenvalue weighted by Gasteiger charge is 2.10. The van der Waals surface area contributed by atoms with Crippen molar-refractivity contribution in [3.63, 3.8) is 0 Å². The van der Waals surface area contributed by atoms with Crippen molar-refractivity contribution in [1.82, 2.24) is 4.98 Å². The zero-order chi connectivity index (χ0) is 16.6. The number of nitrogens with one attached hydrogen (secondary N) is 1. The quantitative estimate of drug-likeness (QED) is 0.818. The summed E-state index contributed by atoms with van der Waals surface area (Å²) >= 11 is 0. The molecular weight excluding hydrogens is 302 g/mol. The van der Waals surface area contributed by atoms with E-state index in [0.717, 1.165) is 12.2 Å². The fourth-order valence-electron chi connectivity index (χ4n) is 2.90. The molecule has 1 saturated heterocycles. The molecule has 0 aliphatic carbocycles. The maximum atomic E-state index is 8.73. The molecule has 5 heteroatoms. The largest absolute Gasteiger partial charge is 0.475 e. The Balaban J connectivity index is 1.50. The molecule has 3 rings (SSSR count). The molecule has 0 unspecified atom stereocenters. The number of benzene rings is 1. The third-order valence-electron chi connectivity index (χ3n) is 4.23. The Bertz CT molecular complexity index is 608. The van der Waals surface area contributed by atoms with Gasteiger partial charge in [-0.25, -0.2) is 4.98 Å². The number of piperidine rings is 1. The van der Waals surface area contributed by atoms with E-state index >= 15 is 0 Å². The molecule has 1 aromatic carbocycles. The van der Waals surface area contributed by atoms with Crippen LogP contribution in [0.15, 0.2) is 42.6 Å². The van der Waals surface area contributed by atoms with E-state index in [4.69, 9.17) is 9.84 Å². The lowest BCUT2D eigenvalue weighted by Gasteiger charge is -2.28. The molecule has 0 amide bonds. The molecule has 5 nitrogen and oxygen atoms in total. The zero-order valence-corrected chi connectivity index (χ0v) is 13.9. The van der Waals surface area contributed by atoms with E-state index in [1.807, 2.05) is 6.07 Å². The molecule has 24 heavy (non-hydrogen) atoms. The average Bonchev–Trinajstić information content (AvgIpc) is 2.67. The Morgan fingerprint density at radius 2 is 1.83 bits per heavy atom. The molecule has 0 spiro atoms. The fraction of sp³-hybridized carbons (Fsp3) is 0.421. The Labute approximate surface area is 143 Å². The van der Waals surface area contributed by atoms with Crippen molar-refractivity contribution in [3.8, 4) is 5.88 Å². The van der Waals surface area contributed by atoms with Crippen LogP contribution in [0.4, 0.5) is 11.4 Å². The fourth-order valence-corrected chi connectivity index (χ4v) is 2.90. The van der Waals surface area contributed by atoms with Gasteiger partial charge in [-0.2, -0.15) is 0 Å². The molecule has 1 aliphatic heterocycles. The molecule has 1 aromatic heterocycles. The van der Waals surface area contributed by atoms with Crippen LogP contribution >= 0.6 is 0 Å². The van der Waals surface area contributed by atoms with Gasteiger partial charge in [-0.05, 0) is 43.0 Å². The van der Waals surface area contributed by atoms with E-state index in [-0.39, 0.29) is 13.2 Å². The second-order valence-corrected chi connectivity index (χ2v) is 6.02. The van der Waals surface area contributed by atoms with Gasteiger partial charge in [-0.15, -0.1) is 0 Å². The number of ether oxygens (including phenoxy) is 1. The summed E-state index contributed by atoms with van der Waals surface area (Å²) in [6.45, 7) is 3.37. The van der Waals surface area contributed by atoms with Gasteiger partial charge in [0.2, 0.25) is 5.88 Å². The third kappa shape index (κ3) is 4.61. The smallest absolute Gasteiger partial charge is 0.213 e. The Kier molecular flexibility index (Phi) is 5.90. The van der Waals surface area contributed by atoms with Crippen molar-refractivity contribution in [2.75, 3.05) is 36.5 Å². The van der Waals surface area contributed by atoms with Gasteiger partial charge in [-0.1, -0.05) is 12.1 Å². The number of rotatable bonds is 7. The molecule has 0 saturated carbocycles. The first-order valence-corrected chi connectivity index (χ1v) is 8.62. The number of aliphatic hydroxyl groups excluding tert-OH is 1. The number of nitrogens with zero attached hydrogens (tertiary/aromatic N) is 2. The van der Waals surface area contributed by atoms with Crippen LogP contribution in [-0.2, 0) is 6.54 Å². The SMILES string of the molecule is OCCOc1ccc(NCc2ccc(N3CCCCC3)cc2)cn1. The Morgan fingerprint density at radius 3 is 2.50 bits per heavy atom. The van der Waals surface area contributed by atoms with Crippen LogP contribution in [0, 0.1) is 0 Å². The number of hydrogen-bond acceptors (Lipinski definition) is 5. The maximum absolute atomic E-state index is 8.73. The van der Waals surface area contributed by atoms with Crippen molar-refractivity contribution >= 4 is 11.4 Å². The highest BCUT2D eigenvalue weighted by Crippen LogP contribution is 2.20. The van der Waals surface area contributed by atoms with Crippen LogP contribution in [0.1, 0.15) is 24.8 Å². The van der Waals surface area contributed by atoms with Crippen LogP contribution in [0.25, 0.3) is 0 Å². The van der Waals surface area contributed by atoms with Crippen LogP contribution in [0.3, 0.4) is 0 Å². The van der Waals surface area contributed by atoms with Crippen molar-refractivity contribution in [1.29, 1.82) is 0 Å². The minimum atomic E-state index is -0.00486. The predicted octanol–water partition coefficient (Wildman–Crippen LogP) is 3.06. The standard InChI is InChI=1S/C19H25N3O2/c23-12-13-24-19-9-6-17(15-21-19)20-14-16-4-7-18(8-5-16)22-10-2-1-3-11-22/h4-9,15,20,23H,1-3,10-14H2. The number of aromatic nitrogens is 1. The van der Waals surface area contributed by atoms with Gasteiger partial charge < -0.3 is 20.1 Å². The second kappa shape index (κ2) is 8.55. The summed E-state index contributed by atoms with van der Waals surface area (Å²) in [6.07, 6.45) is 5.70. The number of aliphatic hydroxyl groups is 1. The molecule has 128 valence electrons. The van der Waals surface area contributed by atoms with Gasteiger partial charge in [0.1, 0.15) is 6.61 Å². The first kappa shape index (κ1) is 16.6. The summed E-state index contributed by atoms with van der Waals surface area (Å²) in [4.78, 5) is 6.67. The van der Waals surface area contributed by atoms with Gasteiger partial charge >= 0.3 is 0 Å². The molecule has 1 fully saturated rings. The van der Waals surface area contributed by atoms with Gasteiger partial charge in [0.25, 0.3) is 0 Å². The van der Waals surface area contributed by atoms with Gasteiger partial charge in [0.15, 0.2) is 0 Å². The maximum Gasteiger partial charge on any atom is 0.213 e. The number of hydrogen-bond donors (Lipinski definition) is 2. The van der Waals surface area contributed by atoms with E-state index in [0.29, 0.717) is 5.88 Å². The monoisotopic (exact) mass is 327 g/mol. The molecule has 0 bridgehead atoms. The molecule has 0 atom stereocenters. The number of anilines is 2. The van der Waals surface area contributed by atoms with Crippen LogP contribution < -0.4 is 15.0 Å². The van der Waals surface area contributed by atoms with Crippen LogP contribution in [-0.4, -0.2) is 36.4 Å². The van der Waals surface area contributed by atoms with Crippen molar-refractivity contribution in [2.45, 2.75) is 25.8 Å². The lowest BCUT2D eigenvalue weighted by Crippen LogP contribution is -2.29. The highest BCUT2D eigenvalue weighted by molar-refractivity contribution is 5.49. The summed E-state index contributed by atoms with van der Waals surface area (Å²) in [5.41, 5.74) is 3.52. The lowest BCUT2D eigenvalue weighted by atomic mass is 10.1. The molecule has 2 heterocycles. The summed E-state index contributed by atoms with van der Waals surface area (Å²) in [6, 6.07) is 12.5. The van der Waals surface area contributed by atoms with Gasteiger partial charge in [0.05, 0.1) is 18.5 Å². The molecule has 0 radical (unpaired) electrons. The van der Waals surface area contributed by atoms with Gasteiger partial charge in [0, 0.05) is 31.4 Å². The summed E-state index contributed by atoms with van der Waals surface area (Å²) in [5, 5.41) is 12.1. The topological polar surface area (TPSA) is 57.6 Å². The second-order valence-electron chi connectivity index (χ2n) is 6.02. The van der Waals surface area contributed by atoms with Crippen LogP contribution in [0.2, 0.25) is 0 Å². The van der Waals surface area contributed by atoms with E-state index in [2.05, 4.69) is 39.5 Å². The minimum Gasteiger partial charge on any atom is -0.475 e. The molecular formula is C19H25N3O2. The van der Waals surface area contributed by atoms with Crippen molar-refractivity contribution in [2.24, 2.45) is 0 Å². The van der Waals surface area contributed by atoms with E-state index in [1.165, 1.54) is 43.6 Å². The van der Waals surface area contributed by atoms with E-state index in [1.54, 1.807) is 12.3 Å². The third-order valence-corrected chi connectivity index (χ3v) is 4.23. The zero-order valence-electron chi connectivity index (χ0n) is 13.9. The summed E-state index contributed by atoms with van der Waals surface area (Å²) < 4.78 is 5.25. The lowest BCUT2D eigenvalue weighted by molar-refractivity contribution is 0.196. The average molecular weight is 327 g/mol.